The monoisotopic (exact) mass is 336 g/mol. The number of furan rings is 1. The molecule has 1 atom stereocenters. The van der Waals surface area contributed by atoms with Crippen molar-refractivity contribution in [3.8, 4) is 0 Å². The summed E-state index contributed by atoms with van der Waals surface area (Å²) in [5.41, 5.74) is 1.02. The van der Waals surface area contributed by atoms with E-state index in [0.29, 0.717) is 19.3 Å². The van der Waals surface area contributed by atoms with Gasteiger partial charge in [0.05, 0.1) is 6.26 Å². The van der Waals surface area contributed by atoms with E-state index in [1.807, 2.05) is 19.1 Å². The number of benzene rings is 1. The molecule has 0 aliphatic carbocycles. The number of hydrogen-bond acceptors (Lipinski definition) is 4. The molecule has 0 fully saturated rings. The van der Waals surface area contributed by atoms with Crippen LogP contribution in [0.15, 0.2) is 52.0 Å². The Bertz CT molecular complexity index is 783. The van der Waals surface area contributed by atoms with Gasteiger partial charge in [0.1, 0.15) is 11.4 Å². The average molecular weight is 336 g/mol. The molecular weight excluding hydrogens is 316 g/mol. The zero-order valence-electron chi connectivity index (χ0n) is 12.8. The zero-order chi connectivity index (χ0) is 16.3. The number of aryl methyl sites for hydroxylation is 1. The van der Waals surface area contributed by atoms with Crippen LogP contribution in [-0.4, -0.2) is 27.7 Å². The average Bonchev–Trinajstić information content (AvgIpc) is 3.02. The molecule has 0 saturated carbocycles. The van der Waals surface area contributed by atoms with Gasteiger partial charge in [0.25, 0.3) is 0 Å². The summed E-state index contributed by atoms with van der Waals surface area (Å²) in [6.07, 6.45) is 1.65. The first-order valence-electron chi connectivity index (χ1n) is 7.33. The molecule has 8 heteroatoms. The van der Waals surface area contributed by atoms with Crippen molar-refractivity contribution in [3.05, 3.63) is 54.0 Å². The molecule has 23 heavy (non-hydrogen) atoms. The second-order valence-corrected chi connectivity index (χ2v) is 7.19. The molecule has 0 spiro atoms. The molecule has 4 N–H and O–H groups in total. The molecule has 1 unspecified atom stereocenters. The molecule has 1 aromatic heterocycles. The molecule has 0 saturated heterocycles. The smallest absolute Gasteiger partial charge is 0.367 e. The fourth-order valence-corrected chi connectivity index (χ4v) is 3.34. The highest BCUT2D eigenvalue weighted by molar-refractivity contribution is 7.90. The van der Waals surface area contributed by atoms with E-state index in [0.717, 1.165) is 17.9 Å². The lowest BCUT2D eigenvalue weighted by Crippen LogP contribution is -3.23. The lowest BCUT2D eigenvalue weighted by molar-refractivity contribution is -0.992. The van der Waals surface area contributed by atoms with Crippen LogP contribution < -0.4 is 19.9 Å². The number of rotatable bonds is 4. The van der Waals surface area contributed by atoms with E-state index in [1.54, 1.807) is 30.5 Å². The van der Waals surface area contributed by atoms with Gasteiger partial charge in [-0.15, -0.1) is 0 Å². The molecule has 3 rings (SSSR count). The molecule has 2 aromatic rings. The van der Waals surface area contributed by atoms with Crippen molar-refractivity contribution in [2.45, 2.75) is 18.4 Å². The summed E-state index contributed by atoms with van der Waals surface area (Å²) in [7, 11) is -3.58. The normalized spacial score (nSPS) is 18.1. The third-order valence-electron chi connectivity index (χ3n) is 3.60. The van der Waals surface area contributed by atoms with E-state index >= 15 is 0 Å². The number of guanidine groups is 1. The van der Waals surface area contributed by atoms with E-state index < -0.39 is 10.0 Å². The SMILES string of the molecule is Cc1ccc(S(=O)(=O)NC2=[NH+]C[NH+](Cc3ccco3)CN2)cc1. The van der Waals surface area contributed by atoms with Crippen LogP contribution in [0.4, 0.5) is 0 Å². The first-order valence-corrected chi connectivity index (χ1v) is 8.81. The van der Waals surface area contributed by atoms with E-state index in [1.165, 1.54) is 4.90 Å². The van der Waals surface area contributed by atoms with E-state index in [2.05, 4.69) is 15.0 Å². The van der Waals surface area contributed by atoms with Gasteiger partial charge in [-0.05, 0) is 31.2 Å². The van der Waals surface area contributed by atoms with Gasteiger partial charge in [-0.1, -0.05) is 17.7 Å². The molecule has 1 aromatic carbocycles. The summed E-state index contributed by atoms with van der Waals surface area (Å²) in [5, 5.41) is 3.06. The van der Waals surface area contributed by atoms with Crippen LogP contribution in [0.25, 0.3) is 0 Å². The Balaban J connectivity index is 1.62. The third-order valence-corrected chi connectivity index (χ3v) is 4.97. The largest absolute Gasteiger partial charge is 0.463 e. The van der Waals surface area contributed by atoms with Gasteiger partial charge >= 0.3 is 16.0 Å². The van der Waals surface area contributed by atoms with Crippen LogP contribution in [0.3, 0.4) is 0 Å². The predicted molar refractivity (Wildman–Crippen MR) is 83.7 cm³/mol. The maximum atomic E-state index is 12.3. The molecule has 0 bridgehead atoms. The molecule has 1 aliphatic heterocycles. The first kappa shape index (κ1) is 15.6. The number of hydrogen-bond donors (Lipinski definition) is 4. The lowest BCUT2D eigenvalue weighted by Gasteiger charge is -2.19. The Morgan fingerprint density at radius 2 is 2.09 bits per heavy atom. The highest BCUT2D eigenvalue weighted by atomic mass is 32.2. The van der Waals surface area contributed by atoms with Gasteiger partial charge in [-0.25, -0.2) is 10.3 Å². The summed E-state index contributed by atoms with van der Waals surface area (Å²) in [5.74, 6) is 1.29. The topological polar surface area (TPSA) is 89.8 Å². The fourth-order valence-electron chi connectivity index (χ4n) is 2.32. The predicted octanol–water partition coefficient (Wildman–Crippen LogP) is -2.09. The fraction of sp³-hybridized carbons (Fsp3) is 0.267. The highest BCUT2D eigenvalue weighted by Crippen LogP contribution is 2.09. The van der Waals surface area contributed by atoms with Crippen molar-refractivity contribution >= 4 is 16.0 Å². The number of nitrogens with one attached hydrogen (secondary N) is 4. The second kappa shape index (κ2) is 6.43. The van der Waals surface area contributed by atoms with Gasteiger partial charge in [-0.2, -0.15) is 13.1 Å². The maximum absolute atomic E-state index is 12.3. The van der Waals surface area contributed by atoms with Crippen LogP contribution in [0.1, 0.15) is 11.3 Å². The summed E-state index contributed by atoms with van der Waals surface area (Å²) in [6.45, 7) is 3.84. The summed E-state index contributed by atoms with van der Waals surface area (Å²) in [6, 6.07) is 10.5. The molecule has 1 aliphatic rings. The second-order valence-electron chi connectivity index (χ2n) is 5.51. The molecule has 7 nitrogen and oxygen atoms in total. The number of sulfonamides is 1. The van der Waals surface area contributed by atoms with E-state index in [4.69, 9.17) is 4.42 Å². The molecule has 122 valence electrons. The minimum absolute atomic E-state index is 0.240. The van der Waals surface area contributed by atoms with Crippen molar-refractivity contribution in [1.29, 1.82) is 0 Å². The van der Waals surface area contributed by atoms with Crippen LogP contribution >= 0.6 is 0 Å². The van der Waals surface area contributed by atoms with Crippen molar-refractivity contribution in [1.82, 2.24) is 10.0 Å². The highest BCUT2D eigenvalue weighted by Gasteiger charge is 2.26. The van der Waals surface area contributed by atoms with Crippen molar-refractivity contribution in [3.63, 3.8) is 0 Å². The summed E-state index contributed by atoms with van der Waals surface area (Å²) < 4.78 is 32.5. The summed E-state index contributed by atoms with van der Waals surface area (Å²) >= 11 is 0. The van der Waals surface area contributed by atoms with Crippen LogP contribution in [-0.2, 0) is 16.6 Å². The quantitative estimate of drug-likeness (QED) is 0.515. The minimum atomic E-state index is -3.58. The van der Waals surface area contributed by atoms with E-state index in [9.17, 15) is 8.42 Å². The summed E-state index contributed by atoms with van der Waals surface area (Å²) in [4.78, 5) is 4.49. The van der Waals surface area contributed by atoms with Gasteiger partial charge < -0.3 is 4.42 Å². The molecule has 0 radical (unpaired) electrons. The molecular formula is C15H20N4O3S+2. The van der Waals surface area contributed by atoms with Crippen LogP contribution in [0.5, 0.6) is 0 Å². The van der Waals surface area contributed by atoms with Crippen molar-refractivity contribution in [2.24, 2.45) is 0 Å². The van der Waals surface area contributed by atoms with Crippen molar-refractivity contribution in [2.75, 3.05) is 13.3 Å². The Labute approximate surface area is 135 Å². The Kier molecular flexibility index (Phi) is 4.35. The van der Waals surface area contributed by atoms with E-state index in [-0.39, 0.29) is 4.90 Å². The van der Waals surface area contributed by atoms with Gasteiger partial charge in [0.15, 0.2) is 19.1 Å². The minimum Gasteiger partial charge on any atom is -0.463 e. The van der Waals surface area contributed by atoms with Gasteiger partial charge in [0.2, 0.25) is 0 Å². The lowest BCUT2D eigenvalue weighted by atomic mass is 10.2. The Hall–Kier alpha value is -2.32. The maximum Gasteiger partial charge on any atom is 0.367 e. The third kappa shape index (κ3) is 3.91. The molecule has 0 amide bonds. The zero-order valence-corrected chi connectivity index (χ0v) is 13.6. The van der Waals surface area contributed by atoms with Crippen LogP contribution in [0.2, 0.25) is 0 Å². The van der Waals surface area contributed by atoms with Crippen molar-refractivity contribution < 1.29 is 22.7 Å². The number of quaternary nitrogens is 1. The standard InChI is InChI=1S/C15H18N4O3S/c1-12-4-6-14(7-5-12)23(20,21)18-15-16-10-19(11-17-15)9-13-3-2-8-22-13/h2-8H,9-11H2,1H3,(H2,16,17,18)/p+2. The van der Waals surface area contributed by atoms with Gasteiger partial charge in [0, 0.05) is 0 Å². The first-order chi connectivity index (χ1) is 11.0. The Morgan fingerprint density at radius 1 is 1.30 bits per heavy atom. The molecule has 2 heterocycles. The van der Waals surface area contributed by atoms with Crippen LogP contribution in [0, 0.1) is 6.92 Å². The van der Waals surface area contributed by atoms with Gasteiger partial charge in [-0.3, -0.25) is 4.90 Å². The Morgan fingerprint density at radius 3 is 2.70 bits per heavy atom.